The van der Waals surface area contributed by atoms with Crippen LogP contribution in [-0.4, -0.2) is 53.5 Å². The van der Waals surface area contributed by atoms with Gasteiger partial charge in [-0.25, -0.2) is 4.79 Å². The summed E-state index contributed by atoms with van der Waals surface area (Å²) in [5.41, 5.74) is 1.09. The first kappa shape index (κ1) is 15.3. The van der Waals surface area contributed by atoms with Crippen LogP contribution in [0.2, 0.25) is 0 Å². The van der Waals surface area contributed by atoms with E-state index in [4.69, 9.17) is 0 Å². The van der Waals surface area contributed by atoms with E-state index in [-0.39, 0.29) is 5.91 Å². The highest BCUT2D eigenvalue weighted by Gasteiger charge is 2.27. The number of aromatic nitrogens is 1. The van der Waals surface area contributed by atoms with Crippen LogP contribution < -0.4 is 4.90 Å². The Balaban J connectivity index is 2.32. The van der Waals surface area contributed by atoms with Gasteiger partial charge >= 0.3 is 5.97 Å². The molecule has 0 radical (unpaired) electrons. The summed E-state index contributed by atoms with van der Waals surface area (Å²) in [5.74, 6) is -0.993. The predicted molar refractivity (Wildman–Crippen MR) is 79.5 cm³/mol. The second kappa shape index (κ2) is 6.56. The Morgan fingerprint density at radius 1 is 1.33 bits per heavy atom. The van der Waals surface area contributed by atoms with Gasteiger partial charge in [0.25, 0.3) is 5.91 Å². The number of carboxylic acids is 1. The van der Waals surface area contributed by atoms with Gasteiger partial charge in [0.1, 0.15) is 11.7 Å². The van der Waals surface area contributed by atoms with E-state index in [9.17, 15) is 14.7 Å². The van der Waals surface area contributed by atoms with Crippen molar-refractivity contribution in [1.29, 1.82) is 0 Å². The molecule has 1 unspecified atom stereocenters. The molecule has 1 aliphatic heterocycles. The van der Waals surface area contributed by atoms with E-state index >= 15 is 0 Å². The zero-order valence-corrected chi connectivity index (χ0v) is 12.5. The molecule has 1 fully saturated rings. The Labute approximate surface area is 124 Å². The average Bonchev–Trinajstić information content (AvgIpc) is 2.72. The quantitative estimate of drug-likeness (QED) is 0.916. The number of rotatable bonds is 3. The standard InChI is InChI=1S/C15H21N3O3/c1-17(2)14(19)12-10-11(7-8-16-12)18-9-5-3-4-6-13(18)15(20)21/h7-8,10,13H,3-6,9H2,1-2H3,(H,20,21). The summed E-state index contributed by atoms with van der Waals surface area (Å²) < 4.78 is 0. The van der Waals surface area contributed by atoms with Crippen molar-refractivity contribution in [3.05, 3.63) is 24.0 Å². The van der Waals surface area contributed by atoms with Crippen LogP contribution in [0.25, 0.3) is 0 Å². The van der Waals surface area contributed by atoms with Gasteiger partial charge in [0, 0.05) is 32.5 Å². The summed E-state index contributed by atoms with van der Waals surface area (Å²) in [5, 5.41) is 9.43. The topological polar surface area (TPSA) is 73.7 Å². The van der Waals surface area contributed by atoms with Crippen LogP contribution >= 0.6 is 0 Å². The number of amides is 1. The first-order valence-corrected chi connectivity index (χ1v) is 7.18. The highest BCUT2D eigenvalue weighted by atomic mass is 16.4. The molecule has 1 aromatic rings. The minimum absolute atomic E-state index is 0.182. The maximum atomic E-state index is 12.0. The van der Waals surface area contributed by atoms with Crippen molar-refractivity contribution in [1.82, 2.24) is 9.88 Å². The van der Waals surface area contributed by atoms with Gasteiger partial charge in [0.2, 0.25) is 0 Å². The fraction of sp³-hybridized carbons (Fsp3) is 0.533. The third-order valence-corrected chi connectivity index (χ3v) is 3.74. The minimum Gasteiger partial charge on any atom is -0.480 e. The minimum atomic E-state index is -0.811. The van der Waals surface area contributed by atoms with E-state index < -0.39 is 12.0 Å². The van der Waals surface area contributed by atoms with Crippen LogP contribution in [-0.2, 0) is 4.79 Å². The van der Waals surface area contributed by atoms with Crippen molar-refractivity contribution < 1.29 is 14.7 Å². The summed E-state index contributed by atoms with van der Waals surface area (Å²) in [6, 6.07) is 2.93. The molecule has 6 heteroatoms. The van der Waals surface area contributed by atoms with Crippen LogP contribution in [0.4, 0.5) is 5.69 Å². The number of carbonyl (C=O) groups excluding carboxylic acids is 1. The molecule has 1 aliphatic rings. The molecule has 0 saturated carbocycles. The normalized spacial score (nSPS) is 19.0. The lowest BCUT2D eigenvalue weighted by Crippen LogP contribution is -2.41. The zero-order chi connectivity index (χ0) is 15.4. The van der Waals surface area contributed by atoms with Gasteiger partial charge in [-0.2, -0.15) is 0 Å². The molecule has 1 aromatic heterocycles. The number of hydrogen-bond donors (Lipinski definition) is 1. The number of carboxylic acid groups (broad SMARTS) is 1. The Morgan fingerprint density at radius 3 is 2.76 bits per heavy atom. The number of carbonyl (C=O) groups is 2. The third kappa shape index (κ3) is 3.51. The predicted octanol–water partition coefficient (Wildman–Crippen LogP) is 1.62. The summed E-state index contributed by atoms with van der Waals surface area (Å²) in [6.45, 7) is 0.691. The van der Waals surface area contributed by atoms with E-state index in [1.54, 1.807) is 32.4 Å². The largest absolute Gasteiger partial charge is 0.480 e. The second-order valence-electron chi connectivity index (χ2n) is 5.50. The smallest absolute Gasteiger partial charge is 0.326 e. The van der Waals surface area contributed by atoms with Crippen molar-refractivity contribution in [3.8, 4) is 0 Å². The monoisotopic (exact) mass is 291 g/mol. The van der Waals surface area contributed by atoms with Crippen molar-refractivity contribution in [3.63, 3.8) is 0 Å². The van der Waals surface area contributed by atoms with E-state index in [2.05, 4.69) is 4.98 Å². The summed E-state index contributed by atoms with van der Waals surface area (Å²) in [7, 11) is 3.34. The lowest BCUT2D eigenvalue weighted by molar-refractivity contribution is -0.138. The fourth-order valence-electron chi connectivity index (χ4n) is 2.62. The second-order valence-corrected chi connectivity index (χ2v) is 5.50. The zero-order valence-electron chi connectivity index (χ0n) is 12.5. The van der Waals surface area contributed by atoms with Gasteiger partial charge in [-0.1, -0.05) is 12.8 Å². The Kier molecular flexibility index (Phi) is 4.77. The van der Waals surface area contributed by atoms with Crippen LogP contribution in [0, 0.1) is 0 Å². The first-order valence-electron chi connectivity index (χ1n) is 7.18. The molecular weight excluding hydrogens is 270 g/mol. The van der Waals surface area contributed by atoms with Crippen molar-refractivity contribution in [2.45, 2.75) is 31.7 Å². The molecule has 114 valence electrons. The van der Waals surface area contributed by atoms with Crippen LogP contribution in [0.1, 0.15) is 36.2 Å². The van der Waals surface area contributed by atoms with E-state index in [1.807, 2.05) is 4.90 Å². The lowest BCUT2D eigenvalue weighted by atomic mass is 10.1. The lowest BCUT2D eigenvalue weighted by Gasteiger charge is -2.29. The van der Waals surface area contributed by atoms with Gasteiger partial charge in [0.05, 0.1) is 0 Å². The first-order chi connectivity index (χ1) is 10.0. The highest BCUT2D eigenvalue weighted by Crippen LogP contribution is 2.24. The number of aliphatic carboxylic acids is 1. The Bertz CT molecular complexity index is 531. The summed E-state index contributed by atoms with van der Waals surface area (Å²) in [6.07, 6.45) is 5.12. The molecule has 2 heterocycles. The molecule has 2 rings (SSSR count). The van der Waals surface area contributed by atoms with Crippen LogP contribution in [0.3, 0.4) is 0 Å². The van der Waals surface area contributed by atoms with Crippen LogP contribution in [0.15, 0.2) is 18.3 Å². The molecule has 1 saturated heterocycles. The van der Waals surface area contributed by atoms with Gasteiger partial charge in [-0.15, -0.1) is 0 Å². The number of pyridine rings is 1. The van der Waals surface area contributed by atoms with Gasteiger partial charge in [0.15, 0.2) is 0 Å². The third-order valence-electron chi connectivity index (χ3n) is 3.74. The van der Waals surface area contributed by atoms with Crippen molar-refractivity contribution >= 4 is 17.6 Å². The molecule has 1 N–H and O–H groups in total. The van der Waals surface area contributed by atoms with Gasteiger partial charge in [-0.3, -0.25) is 9.78 Å². The fourth-order valence-corrected chi connectivity index (χ4v) is 2.62. The average molecular weight is 291 g/mol. The van der Waals surface area contributed by atoms with Crippen LogP contribution in [0.5, 0.6) is 0 Å². The summed E-state index contributed by atoms with van der Waals surface area (Å²) >= 11 is 0. The molecule has 0 aromatic carbocycles. The van der Waals surface area contributed by atoms with Gasteiger partial charge < -0.3 is 14.9 Å². The molecule has 1 amide bonds. The SMILES string of the molecule is CN(C)C(=O)c1cc(N2CCCCCC2C(=O)O)ccn1. The van der Waals surface area contributed by atoms with Crippen molar-refractivity contribution in [2.24, 2.45) is 0 Å². The maximum Gasteiger partial charge on any atom is 0.326 e. The number of nitrogens with zero attached hydrogens (tertiary/aromatic N) is 3. The summed E-state index contributed by atoms with van der Waals surface area (Å²) in [4.78, 5) is 30.9. The molecule has 0 spiro atoms. The molecule has 1 atom stereocenters. The molecule has 0 aliphatic carbocycles. The van der Waals surface area contributed by atoms with Crippen molar-refractivity contribution in [2.75, 3.05) is 25.5 Å². The number of anilines is 1. The van der Waals surface area contributed by atoms with E-state index in [1.165, 1.54) is 4.90 Å². The van der Waals surface area contributed by atoms with E-state index in [0.29, 0.717) is 18.7 Å². The molecule has 0 bridgehead atoms. The Hall–Kier alpha value is -2.11. The molecular formula is C15H21N3O3. The molecule has 6 nitrogen and oxygen atoms in total. The maximum absolute atomic E-state index is 12.0. The highest BCUT2D eigenvalue weighted by molar-refractivity contribution is 5.93. The van der Waals surface area contributed by atoms with Gasteiger partial charge in [-0.05, 0) is 25.0 Å². The van der Waals surface area contributed by atoms with E-state index in [0.717, 1.165) is 24.9 Å². The Morgan fingerprint density at radius 2 is 2.10 bits per heavy atom. The molecule has 21 heavy (non-hydrogen) atoms. The number of hydrogen-bond acceptors (Lipinski definition) is 4.